The molecule has 0 rings (SSSR count). The van der Waals surface area contributed by atoms with Crippen molar-refractivity contribution in [3.8, 4) is 0 Å². The van der Waals surface area contributed by atoms with Gasteiger partial charge in [0.1, 0.15) is 0 Å². The van der Waals surface area contributed by atoms with Gasteiger partial charge >= 0.3 is 0 Å². The van der Waals surface area contributed by atoms with Crippen LogP contribution in [0.5, 0.6) is 0 Å². The average molecular weight is 173 g/mol. The van der Waals surface area contributed by atoms with E-state index < -0.39 is 0 Å². The summed E-state index contributed by atoms with van der Waals surface area (Å²) in [5, 5.41) is 0. The van der Waals surface area contributed by atoms with Crippen molar-refractivity contribution in [3.05, 3.63) is 0 Å². The lowest BCUT2D eigenvalue weighted by atomic mass is 10.2. The highest BCUT2D eigenvalue weighted by atomic mass is 15.1. The maximum absolute atomic E-state index is 2.53. The molecule has 1 nitrogen and oxygen atoms in total. The summed E-state index contributed by atoms with van der Waals surface area (Å²) in [6, 6.07) is 0.768. The third-order valence-corrected chi connectivity index (χ3v) is 2.13. The standard InChI is InChI=1S/C9H21N.C2H6/c1-5-8-10(7-3)9(4)6-2;1-2/h9H,5-8H2,1-4H3;1-2H3. The Kier molecular flexibility index (Phi) is 13.2. The van der Waals surface area contributed by atoms with Gasteiger partial charge in [0.05, 0.1) is 0 Å². The normalized spacial score (nSPS) is 12.2. The molecule has 0 saturated carbocycles. The van der Waals surface area contributed by atoms with Crippen molar-refractivity contribution in [2.45, 2.75) is 60.4 Å². The van der Waals surface area contributed by atoms with Crippen LogP contribution < -0.4 is 0 Å². The zero-order valence-corrected chi connectivity index (χ0v) is 9.85. The van der Waals surface area contributed by atoms with Crippen LogP contribution in [0.2, 0.25) is 0 Å². The van der Waals surface area contributed by atoms with Gasteiger partial charge < -0.3 is 4.90 Å². The first-order valence-corrected chi connectivity index (χ1v) is 5.50. The van der Waals surface area contributed by atoms with Crippen molar-refractivity contribution in [2.24, 2.45) is 0 Å². The molecular weight excluding hydrogens is 146 g/mol. The maximum atomic E-state index is 2.53. The molecule has 0 aliphatic carbocycles. The second-order valence-electron chi connectivity index (χ2n) is 2.89. The van der Waals surface area contributed by atoms with Crippen LogP contribution in [0.15, 0.2) is 0 Å². The van der Waals surface area contributed by atoms with Gasteiger partial charge in [-0.3, -0.25) is 0 Å². The summed E-state index contributed by atoms with van der Waals surface area (Å²) in [4.78, 5) is 2.53. The average Bonchev–Trinajstić information content (AvgIpc) is 2.16. The van der Waals surface area contributed by atoms with Gasteiger partial charge in [0.15, 0.2) is 0 Å². The summed E-state index contributed by atoms with van der Waals surface area (Å²) < 4.78 is 0. The molecule has 12 heavy (non-hydrogen) atoms. The highest BCUT2D eigenvalue weighted by Gasteiger charge is 2.06. The Bertz CT molecular complexity index is 71.4. The SMILES string of the molecule is CC.CCCN(CC)C(C)CC. The third-order valence-electron chi connectivity index (χ3n) is 2.13. The minimum absolute atomic E-state index is 0.768. The summed E-state index contributed by atoms with van der Waals surface area (Å²) in [6.07, 6.45) is 2.55. The van der Waals surface area contributed by atoms with Gasteiger partial charge in [0.25, 0.3) is 0 Å². The zero-order valence-electron chi connectivity index (χ0n) is 9.85. The van der Waals surface area contributed by atoms with Crippen molar-refractivity contribution in [1.82, 2.24) is 4.90 Å². The highest BCUT2D eigenvalue weighted by Crippen LogP contribution is 2.02. The fourth-order valence-corrected chi connectivity index (χ4v) is 1.24. The topological polar surface area (TPSA) is 3.24 Å². The molecule has 0 saturated heterocycles. The Morgan fingerprint density at radius 2 is 1.58 bits per heavy atom. The Morgan fingerprint density at radius 3 is 1.83 bits per heavy atom. The minimum atomic E-state index is 0.768. The van der Waals surface area contributed by atoms with Crippen molar-refractivity contribution in [3.63, 3.8) is 0 Å². The van der Waals surface area contributed by atoms with Crippen LogP contribution in [0.4, 0.5) is 0 Å². The molecule has 0 bridgehead atoms. The van der Waals surface area contributed by atoms with Gasteiger partial charge in [-0.2, -0.15) is 0 Å². The molecule has 0 aromatic carbocycles. The predicted octanol–water partition coefficient (Wildman–Crippen LogP) is 3.54. The molecule has 1 heteroatoms. The number of hydrogen-bond acceptors (Lipinski definition) is 1. The Balaban J connectivity index is 0. The maximum Gasteiger partial charge on any atom is 0.00641 e. The number of rotatable bonds is 5. The first-order valence-electron chi connectivity index (χ1n) is 5.50. The molecule has 0 N–H and O–H groups in total. The van der Waals surface area contributed by atoms with Crippen molar-refractivity contribution < 1.29 is 0 Å². The van der Waals surface area contributed by atoms with Gasteiger partial charge in [-0.15, -0.1) is 0 Å². The van der Waals surface area contributed by atoms with E-state index in [2.05, 4.69) is 32.6 Å². The van der Waals surface area contributed by atoms with Crippen molar-refractivity contribution >= 4 is 0 Å². The smallest absolute Gasteiger partial charge is 0.00641 e. The number of nitrogens with zero attached hydrogens (tertiary/aromatic N) is 1. The summed E-state index contributed by atoms with van der Waals surface area (Å²) >= 11 is 0. The van der Waals surface area contributed by atoms with Crippen molar-refractivity contribution in [1.29, 1.82) is 0 Å². The first-order chi connectivity index (χ1) is 5.76. The van der Waals surface area contributed by atoms with E-state index in [1.807, 2.05) is 13.8 Å². The number of hydrogen-bond donors (Lipinski definition) is 0. The Morgan fingerprint density at radius 1 is 1.08 bits per heavy atom. The van der Waals surface area contributed by atoms with E-state index in [9.17, 15) is 0 Å². The second kappa shape index (κ2) is 11.0. The summed E-state index contributed by atoms with van der Waals surface area (Å²) in [7, 11) is 0. The molecule has 0 fully saturated rings. The molecule has 76 valence electrons. The van der Waals surface area contributed by atoms with Crippen LogP contribution in [-0.4, -0.2) is 24.0 Å². The van der Waals surface area contributed by atoms with Crippen LogP contribution in [0.1, 0.15) is 54.4 Å². The Labute approximate surface area is 79.2 Å². The van der Waals surface area contributed by atoms with Gasteiger partial charge in [-0.1, -0.05) is 34.6 Å². The molecule has 1 atom stereocenters. The largest absolute Gasteiger partial charge is 0.301 e. The molecule has 0 aromatic rings. The van der Waals surface area contributed by atoms with E-state index in [1.54, 1.807) is 0 Å². The van der Waals surface area contributed by atoms with Crippen LogP contribution in [0.3, 0.4) is 0 Å². The highest BCUT2D eigenvalue weighted by molar-refractivity contribution is 4.62. The van der Waals surface area contributed by atoms with Crippen molar-refractivity contribution in [2.75, 3.05) is 13.1 Å². The second-order valence-corrected chi connectivity index (χ2v) is 2.89. The monoisotopic (exact) mass is 173 g/mol. The lowest BCUT2D eigenvalue weighted by molar-refractivity contribution is 0.215. The van der Waals surface area contributed by atoms with E-state index in [1.165, 1.54) is 25.9 Å². The molecule has 0 aromatic heterocycles. The van der Waals surface area contributed by atoms with Crippen LogP contribution in [-0.2, 0) is 0 Å². The molecular formula is C11H27N. The summed E-state index contributed by atoms with van der Waals surface area (Å²) in [5.41, 5.74) is 0. The molecule has 0 radical (unpaired) electrons. The lowest BCUT2D eigenvalue weighted by Gasteiger charge is -2.26. The molecule has 0 aliphatic rings. The van der Waals surface area contributed by atoms with Gasteiger partial charge in [-0.25, -0.2) is 0 Å². The lowest BCUT2D eigenvalue weighted by Crippen LogP contribution is -2.32. The summed E-state index contributed by atoms with van der Waals surface area (Å²) in [5.74, 6) is 0. The fourth-order valence-electron chi connectivity index (χ4n) is 1.24. The predicted molar refractivity (Wildman–Crippen MR) is 58.6 cm³/mol. The minimum Gasteiger partial charge on any atom is -0.301 e. The molecule has 0 heterocycles. The van der Waals surface area contributed by atoms with Gasteiger partial charge in [0, 0.05) is 6.04 Å². The molecule has 1 unspecified atom stereocenters. The molecule has 0 aliphatic heterocycles. The fraction of sp³-hybridized carbons (Fsp3) is 1.00. The van der Waals surface area contributed by atoms with Crippen LogP contribution in [0.25, 0.3) is 0 Å². The molecule has 0 amide bonds. The first kappa shape index (κ1) is 14.5. The van der Waals surface area contributed by atoms with E-state index in [4.69, 9.17) is 0 Å². The van der Waals surface area contributed by atoms with E-state index in [-0.39, 0.29) is 0 Å². The Hall–Kier alpha value is -0.0400. The van der Waals surface area contributed by atoms with E-state index in [0.717, 1.165) is 6.04 Å². The summed E-state index contributed by atoms with van der Waals surface area (Å²) in [6.45, 7) is 15.5. The third kappa shape index (κ3) is 6.66. The van der Waals surface area contributed by atoms with E-state index >= 15 is 0 Å². The van der Waals surface area contributed by atoms with E-state index in [0.29, 0.717) is 0 Å². The van der Waals surface area contributed by atoms with Gasteiger partial charge in [0.2, 0.25) is 0 Å². The van der Waals surface area contributed by atoms with Crippen LogP contribution >= 0.6 is 0 Å². The quantitative estimate of drug-likeness (QED) is 0.614. The van der Waals surface area contributed by atoms with Gasteiger partial charge in [-0.05, 0) is 32.9 Å². The zero-order chi connectivity index (χ0) is 9.98. The molecule has 0 spiro atoms. The van der Waals surface area contributed by atoms with Crippen LogP contribution in [0, 0.1) is 0 Å².